The second kappa shape index (κ2) is 7.40. The van der Waals surface area contributed by atoms with E-state index >= 15 is 0 Å². The SMILES string of the molecule is CCOCC(Nc1ccc(F)cc1C(N)=S)C(C)C. The largest absolute Gasteiger partial charge is 0.389 e. The summed E-state index contributed by atoms with van der Waals surface area (Å²) in [5.41, 5.74) is 6.90. The Labute approximate surface area is 119 Å². The maximum Gasteiger partial charge on any atom is 0.124 e. The van der Waals surface area contributed by atoms with E-state index in [-0.39, 0.29) is 16.8 Å². The molecule has 1 unspecified atom stereocenters. The molecule has 106 valence electrons. The van der Waals surface area contributed by atoms with Crippen LogP contribution in [0.25, 0.3) is 0 Å². The van der Waals surface area contributed by atoms with E-state index in [1.54, 1.807) is 6.07 Å². The van der Waals surface area contributed by atoms with Crippen molar-refractivity contribution in [2.45, 2.75) is 26.8 Å². The van der Waals surface area contributed by atoms with Crippen molar-refractivity contribution in [1.29, 1.82) is 0 Å². The van der Waals surface area contributed by atoms with Crippen LogP contribution in [-0.2, 0) is 4.74 Å². The van der Waals surface area contributed by atoms with Gasteiger partial charge in [-0.05, 0) is 31.0 Å². The van der Waals surface area contributed by atoms with Gasteiger partial charge >= 0.3 is 0 Å². The van der Waals surface area contributed by atoms with E-state index in [1.165, 1.54) is 12.1 Å². The number of benzene rings is 1. The molecule has 1 aromatic carbocycles. The third-order valence-corrected chi connectivity index (χ3v) is 3.11. The third kappa shape index (κ3) is 4.76. The van der Waals surface area contributed by atoms with Crippen LogP contribution in [0.5, 0.6) is 0 Å². The van der Waals surface area contributed by atoms with Crippen molar-refractivity contribution in [3.8, 4) is 0 Å². The first-order valence-electron chi connectivity index (χ1n) is 6.39. The number of ether oxygens (including phenoxy) is 1. The topological polar surface area (TPSA) is 47.3 Å². The minimum atomic E-state index is -0.348. The molecule has 1 atom stereocenters. The number of nitrogens with one attached hydrogen (secondary N) is 1. The first-order chi connectivity index (χ1) is 8.95. The highest BCUT2D eigenvalue weighted by atomic mass is 32.1. The van der Waals surface area contributed by atoms with E-state index in [2.05, 4.69) is 19.2 Å². The van der Waals surface area contributed by atoms with Gasteiger partial charge in [-0.3, -0.25) is 0 Å². The van der Waals surface area contributed by atoms with Gasteiger partial charge in [0, 0.05) is 17.9 Å². The average Bonchev–Trinajstić information content (AvgIpc) is 2.35. The molecule has 0 aliphatic carbocycles. The summed E-state index contributed by atoms with van der Waals surface area (Å²) in [6.45, 7) is 7.40. The van der Waals surface area contributed by atoms with Crippen LogP contribution < -0.4 is 11.1 Å². The van der Waals surface area contributed by atoms with Crippen molar-refractivity contribution in [2.75, 3.05) is 18.5 Å². The summed E-state index contributed by atoms with van der Waals surface area (Å²) in [4.78, 5) is 0.181. The fraction of sp³-hybridized carbons (Fsp3) is 0.500. The standard InChI is InChI=1S/C14H21FN2OS/c1-4-18-8-13(9(2)3)17-12-6-5-10(15)7-11(12)14(16)19/h5-7,9,13,17H,4,8H2,1-3H3,(H2,16,19). The molecule has 1 aromatic rings. The highest BCUT2D eigenvalue weighted by Crippen LogP contribution is 2.20. The van der Waals surface area contributed by atoms with E-state index in [0.29, 0.717) is 24.7 Å². The Morgan fingerprint density at radius 3 is 2.68 bits per heavy atom. The van der Waals surface area contributed by atoms with Crippen molar-refractivity contribution in [2.24, 2.45) is 11.7 Å². The Bertz CT molecular complexity index is 437. The van der Waals surface area contributed by atoms with Gasteiger partial charge in [0.15, 0.2) is 0 Å². The summed E-state index contributed by atoms with van der Waals surface area (Å²) in [6.07, 6.45) is 0. The second-order valence-electron chi connectivity index (χ2n) is 4.71. The Hall–Kier alpha value is -1.20. The summed E-state index contributed by atoms with van der Waals surface area (Å²) in [5.74, 6) is 0.0232. The zero-order valence-corrected chi connectivity index (χ0v) is 12.4. The van der Waals surface area contributed by atoms with Gasteiger partial charge in [-0.15, -0.1) is 0 Å². The fourth-order valence-corrected chi connectivity index (χ4v) is 1.86. The molecule has 19 heavy (non-hydrogen) atoms. The lowest BCUT2D eigenvalue weighted by Gasteiger charge is -2.24. The van der Waals surface area contributed by atoms with Crippen molar-refractivity contribution in [3.05, 3.63) is 29.6 Å². The Morgan fingerprint density at radius 1 is 1.47 bits per heavy atom. The lowest BCUT2D eigenvalue weighted by Crippen LogP contribution is -2.32. The van der Waals surface area contributed by atoms with E-state index < -0.39 is 0 Å². The maximum absolute atomic E-state index is 13.2. The van der Waals surface area contributed by atoms with E-state index in [4.69, 9.17) is 22.7 Å². The Morgan fingerprint density at radius 2 is 2.16 bits per heavy atom. The quantitative estimate of drug-likeness (QED) is 0.756. The summed E-state index contributed by atoms with van der Waals surface area (Å²) < 4.78 is 18.7. The van der Waals surface area contributed by atoms with Crippen molar-refractivity contribution in [3.63, 3.8) is 0 Å². The number of nitrogens with two attached hydrogens (primary N) is 1. The molecule has 0 fully saturated rings. The van der Waals surface area contributed by atoms with Crippen LogP contribution >= 0.6 is 12.2 Å². The van der Waals surface area contributed by atoms with Gasteiger partial charge in [-0.25, -0.2) is 4.39 Å². The van der Waals surface area contributed by atoms with Crippen molar-refractivity contribution < 1.29 is 9.13 Å². The summed E-state index contributed by atoms with van der Waals surface area (Å²) in [7, 11) is 0. The zero-order chi connectivity index (χ0) is 14.4. The van der Waals surface area contributed by atoms with Crippen LogP contribution in [-0.4, -0.2) is 24.2 Å². The van der Waals surface area contributed by atoms with E-state index in [0.717, 1.165) is 5.69 Å². The molecule has 0 bridgehead atoms. The molecule has 0 radical (unpaired) electrons. The first kappa shape index (κ1) is 15.9. The molecular weight excluding hydrogens is 263 g/mol. The van der Waals surface area contributed by atoms with Gasteiger partial charge in [-0.2, -0.15) is 0 Å². The van der Waals surface area contributed by atoms with Gasteiger partial charge in [0.1, 0.15) is 10.8 Å². The van der Waals surface area contributed by atoms with E-state index in [9.17, 15) is 4.39 Å². The number of hydrogen-bond acceptors (Lipinski definition) is 3. The molecule has 5 heteroatoms. The van der Waals surface area contributed by atoms with Gasteiger partial charge in [-0.1, -0.05) is 26.1 Å². The Balaban J connectivity index is 2.92. The summed E-state index contributed by atoms with van der Waals surface area (Å²) >= 11 is 4.96. The van der Waals surface area contributed by atoms with Gasteiger partial charge < -0.3 is 15.8 Å². The van der Waals surface area contributed by atoms with Crippen molar-refractivity contribution in [1.82, 2.24) is 0 Å². The number of hydrogen-bond donors (Lipinski definition) is 2. The molecule has 1 rings (SSSR count). The van der Waals surface area contributed by atoms with Crippen LogP contribution in [0.2, 0.25) is 0 Å². The van der Waals surface area contributed by atoms with Gasteiger partial charge in [0.05, 0.1) is 12.6 Å². The molecule has 0 aliphatic heterocycles. The molecule has 0 aliphatic rings. The molecular formula is C14H21FN2OS. The van der Waals surface area contributed by atoms with Crippen LogP contribution in [0.15, 0.2) is 18.2 Å². The average molecular weight is 284 g/mol. The number of halogens is 1. The summed E-state index contributed by atoms with van der Waals surface area (Å²) in [6, 6.07) is 4.52. The van der Waals surface area contributed by atoms with Gasteiger partial charge in [0.25, 0.3) is 0 Å². The van der Waals surface area contributed by atoms with Crippen molar-refractivity contribution >= 4 is 22.9 Å². The van der Waals surface area contributed by atoms with Crippen LogP contribution in [0.1, 0.15) is 26.3 Å². The lowest BCUT2D eigenvalue weighted by atomic mass is 10.0. The molecule has 3 nitrogen and oxygen atoms in total. The van der Waals surface area contributed by atoms with Gasteiger partial charge in [0.2, 0.25) is 0 Å². The van der Waals surface area contributed by atoms with Crippen LogP contribution in [0, 0.1) is 11.7 Å². The number of rotatable bonds is 7. The maximum atomic E-state index is 13.2. The highest BCUT2D eigenvalue weighted by Gasteiger charge is 2.16. The molecule has 0 aromatic heterocycles. The predicted octanol–water partition coefficient (Wildman–Crippen LogP) is 2.93. The first-order valence-corrected chi connectivity index (χ1v) is 6.80. The second-order valence-corrected chi connectivity index (χ2v) is 5.15. The lowest BCUT2D eigenvalue weighted by molar-refractivity contribution is 0.127. The Kier molecular flexibility index (Phi) is 6.18. The third-order valence-electron chi connectivity index (χ3n) is 2.89. The normalized spacial score (nSPS) is 12.5. The monoisotopic (exact) mass is 284 g/mol. The van der Waals surface area contributed by atoms with E-state index in [1.807, 2.05) is 6.92 Å². The van der Waals surface area contributed by atoms with Crippen LogP contribution in [0.4, 0.5) is 10.1 Å². The smallest absolute Gasteiger partial charge is 0.124 e. The highest BCUT2D eigenvalue weighted by molar-refractivity contribution is 7.80. The minimum absolute atomic E-state index is 0.124. The molecule has 0 spiro atoms. The zero-order valence-electron chi connectivity index (χ0n) is 11.6. The summed E-state index contributed by atoms with van der Waals surface area (Å²) in [5, 5.41) is 3.33. The fourth-order valence-electron chi connectivity index (χ4n) is 1.69. The minimum Gasteiger partial charge on any atom is -0.389 e. The molecule has 0 amide bonds. The molecule has 0 saturated carbocycles. The molecule has 0 saturated heterocycles. The molecule has 0 heterocycles. The van der Waals surface area contributed by atoms with Crippen LogP contribution in [0.3, 0.4) is 0 Å². The predicted molar refractivity (Wildman–Crippen MR) is 81.0 cm³/mol. The number of thiocarbonyl (C=S) groups is 1. The number of anilines is 1. The molecule has 3 N–H and O–H groups in total.